The van der Waals surface area contributed by atoms with Gasteiger partial charge in [-0.2, -0.15) is 4.98 Å². The zero-order chi connectivity index (χ0) is 14.7. The van der Waals surface area contributed by atoms with Crippen LogP contribution in [0.1, 0.15) is 44.2 Å². The maximum absolute atomic E-state index is 9.15. The number of hydrogen-bond acceptors (Lipinski definition) is 6. The van der Waals surface area contributed by atoms with E-state index >= 15 is 0 Å². The van der Waals surface area contributed by atoms with Crippen LogP contribution in [0.4, 0.5) is 11.8 Å². The molecule has 0 aromatic carbocycles. The van der Waals surface area contributed by atoms with Gasteiger partial charge in [-0.3, -0.25) is 0 Å². The molecule has 1 saturated heterocycles. The highest BCUT2D eigenvalue weighted by Crippen LogP contribution is 2.39. The fraction of sp³-hybridized carbons (Fsp3) is 0.733. The smallest absolute Gasteiger partial charge is 0.225 e. The molecular formula is C15H24N4O2. The van der Waals surface area contributed by atoms with Crippen molar-refractivity contribution in [1.82, 2.24) is 9.97 Å². The average molecular weight is 292 g/mol. The zero-order valence-corrected chi connectivity index (χ0v) is 12.5. The number of rotatable bonds is 7. The highest BCUT2D eigenvalue weighted by molar-refractivity contribution is 5.44. The van der Waals surface area contributed by atoms with Gasteiger partial charge in [-0.1, -0.05) is 0 Å². The van der Waals surface area contributed by atoms with Crippen molar-refractivity contribution >= 4 is 11.8 Å². The Morgan fingerprint density at radius 1 is 1.38 bits per heavy atom. The van der Waals surface area contributed by atoms with Crippen LogP contribution in [0.5, 0.6) is 0 Å². The molecule has 2 fully saturated rings. The van der Waals surface area contributed by atoms with E-state index in [1.54, 1.807) is 0 Å². The van der Waals surface area contributed by atoms with Crippen LogP contribution in [0.3, 0.4) is 0 Å². The number of anilines is 2. The molecule has 3 rings (SSSR count). The lowest BCUT2D eigenvalue weighted by molar-refractivity contribution is 0.120. The second-order valence-corrected chi connectivity index (χ2v) is 6.02. The summed E-state index contributed by atoms with van der Waals surface area (Å²) in [6.45, 7) is 3.63. The predicted octanol–water partition coefficient (Wildman–Crippen LogP) is 1.74. The molecular weight excluding hydrogens is 268 g/mol. The summed E-state index contributed by atoms with van der Waals surface area (Å²) in [6.07, 6.45) is 4.95. The van der Waals surface area contributed by atoms with Gasteiger partial charge in [0.2, 0.25) is 5.95 Å². The predicted molar refractivity (Wildman–Crippen MR) is 81.6 cm³/mol. The standard InChI is InChI=1S/C15H24N4O2/c1-10(9-20)17-15-18-13(11-4-5-11)7-14(19-15)16-8-12-3-2-6-21-12/h7,10-12,20H,2-6,8-9H2,1H3,(H2,16,17,18,19)/t10-,12-/m0/s1. The van der Waals surface area contributed by atoms with Crippen LogP contribution < -0.4 is 10.6 Å². The van der Waals surface area contributed by atoms with Gasteiger partial charge in [0.15, 0.2) is 0 Å². The molecule has 1 saturated carbocycles. The van der Waals surface area contributed by atoms with Crippen LogP contribution in [-0.4, -0.2) is 47.0 Å². The molecule has 2 aliphatic rings. The van der Waals surface area contributed by atoms with Crippen molar-refractivity contribution in [2.24, 2.45) is 0 Å². The third kappa shape index (κ3) is 4.04. The topological polar surface area (TPSA) is 79.3 Å². The molecule has 1 aliphatic carbocycles. The maximum Gasteiger partial charge on any atom is 0.225 e. The van der Waals surface area contributed by atoms with Crippen LogP contribution in [0.2, 0.25) is 0 Å². The van der Waals surface area contributed by atoms with Crippen LogP contribution in [-0.2, 0) is 4.74 Å². The fourth-order valence-electron chi connectivity index (χ4n) is 2.50. The van der Waals surface area contributed by atoms with Gasteiger partial charge in [-0.05, 0) is 32.6 Å². The third-order valence-electron chi connectivity index (χ3n) is 3.93. The highest BCUT2D eigenvalue weighted by atomic mass is 16.5. The molecule has 6 nitrogen and oxygen atoms in total. The molecule has 0 bridgehead atoms. The lowest BCUT2D eigenvalue weighted by Crippen LogP contribution is -2.23. The van der Waals surface area contributed by atoms with Crippen molar-refractivity contribution < 1.29 is 9.84 Å². The van der Waals surface area contributed by atoms with Crippen molar-refractivity contribution in [3.05, 3.63) is 11.8 Å². The van der Waals surface area contributed by atoms with Gasteiger partial charge in [0.25, 0.3) is 0 Å². The second kappa shape index (κ2) is 6.58. The minimum absolute atomic E-state index is 0.0505. The Balaban J connectivity index is 1.68. The largest absolute Gasteiger partial charge is 0.394 e. The minimum atomic E-state index is -0.0505. The van der Waals surface area contributed by atoms with Gasteiger partial charge in [-0.15, -0.1) is 0 Å². The molecule has 21 heavy (non-hydrogen) atoms. The lowest BCUT2D eigenvalue weighted by atomic mass is 10.2. The van der Waals surface area contributed by atoms with Crippen molar-refractivity contribution in [1.29, 1.82) is 0 Å². The summed E-state index contributed by atoms with van der Waals surface area (Å²) in [6, 6.07) is 1.99. The zero-order valence-electron chi connectivity index (χ0n) is 12.5. The lowest BCUT2D eigenvalue weighted by Gasteiger charge is -2.15. The van der Waals surface area contributed by atoms with Gasteiger partial charge >= 0.3 is 0 Å². The summed E-state index contributed by atoms with van der Waals surface area (Å²) in [4.78, 5) is 9.05. The normalized spacial score (nSPS) is 23.0. The molecule has 0 spiro atoms. The number of aliphatic hydroxyl groups is 1. The molecule has 1 aromatic heterocycles. The Labute approximate surface area is 125 Å². The van der Waals surface area contributed by atoms with Crippen molar-refractivity contribution in [3.63, 3.8) is 0 Å². The Kier molecular flexibility index (Phi) is 4.55. The average Bonchev–Trinajstić information content (AvgIpc) is 3.21. The molecule has 0 unspecified atom stereocenters. The quantitative estimate of drug-likeness (QED) is 0.710. The Hall–Kier alpha value is -1.40. The fourth-order valence-corrected chi connectivity index (χ4v) is 2.50. The minimum Gasteiger partial charge on any atom is -0.394 e. The molecule has 6 heteroatoms. The van der Waals surface area contributed by atoms with Gasteiger partial charge in [0.1, 0.15) is 5.82 Å². The maximum atomic E-state index is 9.15. The van der Waals surface area contributed by atoms with E-state index in [0.717, 1.165) is 37.5 Å². The molecule has 2 atom stereocenters. The first-order valence-corrected chi connectivity index (χ1v) is 7.86. The van der Waals surface area contributed by atoms with Crippen molar-refractivity contribution in [3.8, 4) is 0 Å². The Morgan fingerprint density at radius 2 is 2.24 bits per heavy atom. The van der Waals surface area contributed by atoms with Gasteiger partial charge < -0.3 is 20.5 Å². The molecule has 116 valence electrons. The van der Waals surface area contributed by atoms with Crippen LogP contribution in [0.25, 0.3) is 0 Å². The first-order chi connectivity index (χ1) is 10.2. The van der Waals surface area contributed by atoms with E-state index in [1.807, 2.05) is 13.0 Å². The van der Waals surface area contributed by atoms with Crippen molar-refractivity contribution in [2.45, 2.75) is 50.7 Å². The van der Waals surface area contributed by atoms with E-state index in [0.29, 0.717) is 11.9 Å². The highest BCUT2D eigenvalue weighted by Gasteiger charge is 2.26. The first-order valence-electron chi connectivity index (χ1n) is 7.86. The van der Waals surface area contributed by atoms with E-state index in [-0.39, 0.29) is 18.8 Å². The van der Waals surface area contributed by atoms with Crippen LogP contribution in [0, 0.1) is 0 Å². The Morgan fingerprint density at radius 3 is 2.90 bits per heavy atom. The Bertz CT molecular complexity index is 473. The number of nitrogens with one attached hydrogen (secondary N) is 2. The summed E-state index contributed by atoms with van der Waals surface area (Å²) in [7, 11) is 0. The molecule has 1 aromatic rings. The van der Waals surface area contributed by atoms with Gasteiger partial charge in [0, 0.05) is 31.2 Å². The van der Waals surface area contributed by atoms with E-state index in [4.69, 9.17) is 9.84 Å². The second-order valence-electron chi connectivity index (χ2n) is 6.02. The number of aromatic nitrogens is 2. The molecule has 0 amide bonds. The molecule has 2 heterocycles. The monoisotopic (exact) mass is 292 g/mol. The number of aliphatic hydroxyl groups excluding tert-OH is 1. The van der Waals surface area contributed by atoms with Crippen molar-refractivity contribution in [2.75, 3.05) is 30.4 Å². The van der Waals surface area contributed by atoms with E-state index in [9.17, 15) is 0 Å². The van der Waals surface area contributed by atoms with E-state index in [1.165, 1.54) is 12.8 Å². The van der Waals surface area contributed by atoms with E-state index < -0.39 is 0 Å². The summed E-state index contributed by atoms with van der Waals surface area (Å²) >= 11 is 0. The van der Waals surface area contributed by atoms with Gasteiger partial charge in [0.05, 0.1) is 18.4 Å². The summed E-state index contributed by atoms with van der Waals surface area (Å²) in [5, 5.41) is 15.7. The summed E-state index contributed by atoms with van der Waals surface area (Å²) in [5.74, 6) is 2.01. The number of hydrogen-bond donors (Lipinski definition) is 3. The van der Waals surface area contributed by atoms with E-state index in [2.05, 4.69) is 20.6 Å². The van der Waals surface area contributed by atoms with Gasteiger partial charge in [-0.25, -0.2) is 4.98 Å². The van der Waals surface area contributed by atoms with Crippen LogP contribution >= 0.6 is 0 Å². The molecule has 1 aliphatic heterocycles. The first kappa shape index (κ1) is 14.5. The summed E-state index contributed by atoms with van der Waals surface area (Å²) < 4.78 is 5.62. The third-order valence-corrected chi connectivity index (χ3v) is 3.93. The molecule has 3 N–H and O–H groups in total. The summed E-state index contributed by atoms with van der Waals surface area (Å²) in [5.41, 5.74) is 1.09. The molecule has 0 radical (unpaired) electrons. The number of nitrogens with zero attached hydrogens (tertiary/aromatic N) is 2. The van der Waals surface area contributed by atoms with Crippen LogP contribution in [0.15, 0.2) is 6.07 Å². The SMILES string of the molecule is C[C@@H](CO)Nc1nc(NC[C@@H]2CCCO2)cc(C2CC2)n1. The number of ether oxygens (including phenoxy) is 1.